The van der Waals surface area contributed by atoms with Crippen molar-refractivity contribution in [2.24, 2.45) is 0 Å². The third-order valence-electron chi connectivity index (χ3n) is 3.95. The summed E-state index contributed by atoms with van der Waals surface area (Å²) in [5.41, 5.74) is -0.0409. The second-order valence-corrected chi connectivity index (χ2v) is 7.99. The molecule has 0 amide bonds. The molecule has 0 unspecified atom stereocenters. The molecule has 0 atom stereocenters. The van der Waals surface area contributed by atoms with Gasteiger partial charge in [0, 0.05) is 0 Å². The van der Waals surface area contributed by atoms with E-state index < -0.39 is 15.8 Å². The van der Waals surface area contributed by atoms with Crippen molar-refractivity contribution in [2.45, 2.75) is 4.90 Å². The molecule has 1 heterocycles. The van der Waals surface area contributed by atoms with Gasteiger partial charge in [-0.3, -0.25) is 4.72 Å². The Hall–Kier alpha value is -3.86. The summed E-state index contributed by atoms with van der Waals surface area (Å²) in [5, 5.41) is 18.9. The molecule has 8 nitrogen and oxygen atoms in total. The lowest BCUT2D eigenvalue weighted by Gasteiger charge is -2.14. The van der Waals surface area contributed by atoms with E-state index in [9.17, 15) is 23.3 Å². The van der Waals surface area contributed by atoms with Crippen molar-refractivity contribution in [3.8, 4) is 29.4 Å². The summed E-state index contributed by atoms with van der Waals surface area (Å²) in [5.74, 6) is -0.488. The van der Waals surface area contributed by atoms with Crippen molar-refractivity contribution in [3.05, 3.63) is 70.6 Å². The first kappa shape index (κ1) is 21.8. The number of nitriles is 2. The molecular weight excluding hydrogens is 447 g/mol. The van der Waals surface area contributed by atoms with Crippen LogP contribution in [0.1, 0.15) is 11.1 Å². The fraction of sp³-hybridized carbons (Fsp3) is 0.0500. The zero-order valence-electron chi connectivity index (χ0n) is 15.8. The summed E-state index contributed by atoms with van der Waals surface area (Å²) in [6.07, 6.45) is 0.866. The van der Waals surface area contributed by atoms with Crippen LogP contribution in [-0.4, -0.2) is 20.5 Å². The smallest absolute Gasteiger partial charge is 0.263 e. The van der Waals surface area contributed by atoms with E-state index in [1.807, 2.05) is 12.1 Å². The van der Waals surface area contributed by atoms with Crippen LogP contribution in [0.15, 0.2) is 53.6 Å². The highest BCUT2D eigenvalue weighted by Gasteiger charge is 2.20. The number of pyridine rings is 1. The average Bonchev–Trinajstić information content (AvgIpc) is 2.76. The number of hydrogen-bond acceptors (Lipinski definition) is 7. The second-order valence-electron chi connectivity index (χ2n) is 5.90. The minimum atomic E-state index is -4.10. The Morgan fingerprint density at radius 2 is 1.84 bits per heavy atom. The summed E-state index contributed by atoms with van der Waals surface area (Å²) in [6.45, 7) is 0. The molecule has 3 aromatic rings. The first-order chi connectivity index (χ1) is 14.8. The fourth-order valence-corrected chi connectivity index (χ4v) is 3.76. The van der Waals surface area contributed by atoms with Crippen molar-refractivity contribution in [3.63, 3.8) is 0 Å². The predicted octanol–water partition coefficient (Wildman–Crippen LogP) is 4.22. The number of halogens is 2. The number of rotatable bonds is 6. The van der Waals surface area contributed by atoms with Crippen LogP contribution in [0.25, 0.3) is 0 Å². The number of sulfonamides is 1. The van der Waals surface area contributed by atoms with Crippen molar-refractivity contribution >= 4 is 27.4 Å². The van der Waals surface area contributed by atoms with Crippen LogP contribution in [0.2, 0.25) is 5.02 Å². The maximum Gasteiger partial charge on any atom is 0.263 e. The average molecular weight is 459 g/mol. The first-order valence-corrected chi connectivity index (χ1v) is 10.3. The van der Waals surface area contributed by atoms with E-state index >= 15 is 0 Å². The zero-order valence-corrected chi connectivity index (χ0v) is 17.3. The summed E-state index contributed by atoms with van der Waals surface area (Å²) in [6, 6.07) is 12.5. The molecule has 3 rings (SSSR count). The molecule has 0 aliphatic carbocycles. The van der Waals surface area contributed by atoms with Gasteiger partial charge in [0.2, 0.25) is 0 Å². The van der Waals surface area contributed by atoms with Crippen LogP contribution < -0.4 is 14.2 Å². The Balaban J connectivity index is 1.95. The van der Waals surface area contributed by atoms with Crippen molar-refractivity contribution in [1.29, 1.82) is 10.5 Å². The molecule has 0 radical (unpaired) electrons. The Morgan fingerprint density at radius 3 is 2.45 bits per heavy atom. The molecule has 0 bridgehead atoms. The molecule has 156 valence electrons. The summed E-state index contributed by atoms with van der Waals surface area (Å²) in [7, 11) is -2.78. The highest BCUT2D eigenvalue weighted by Crippen LogP contribution is 2.39. The van der Waals surface area contributed by atoms with Gasteiger partial charge in [0.05, 0.1) is 28.8 Å². The molecule has 0 aliphatic rings. The number of nitrogens with zero attached hydrogens (tertiary/aromatic N) is 3. The Labute approximate surface area is 182 Å². The largest absolute Gasteiger partial charge is 0.491 e. The quantitative estimate of drug-likeness (QED) is 0.586. The number of methoxy groups -OCH3 is 1. The van der Waals surface area contributed by atoms with Crippen LogP contribution in [0.4, 0.5) is 10.2 Å². The highest BCUT2D eigenvalue weighted by molar-refractivity contribution is 7.92. The van der Waals surface area contributed by atoms with E-state index in [0.717, 1.165) is 24.4 Å². The number of anilines is 1. The van der Waals surface area contributed by atoms with Gasteiger partial charge < -0.3 is 9.47 Å². The Kier molecular flexibility index (Phi) is 6.25. The molecule has 31 heavy (non-hydrogen) atoms. The number of nitrogens with one attached hydrogen (secondary N) is 1. The van der Waals surface area contributed by atoms with Gasteiger partial charge in [-0.05, 0) is 42.5 Å². The van der Waals surface area contributed by atoms with Gasteiger partial charge in [-0.2, -0.15) is 10.5 Å². The van der Waals surface area contributed by atoms with E-state index in [0.29, 0.717) is 0 Å². The zero-order chi connectivity index (χ0) is 22.6. The number of hydrogen-bond donors (Lipinski definition) is 1. The van der Waals surface area contributed by atoms with Crippen molar-refractivity contribution < 1.29 is 22.3 Å². The normalized spacial score (nSPS) is 10.6. The summed E-state index contributed by atoms with van der Waals surface area (Å²) in [4.78, 5) is 3.41. The van der Waals surface area contributed by atoms with Gasteiger partial charge in [-0.15, -0.1) is 0 Å². The SMILES string of the molecule is COc1c(Oc2ccc(S(=O)(=O)Nc3ccc(F)cn3)cc2C#N)ccc(Cl)c1C#N. The molecule has 0 spiro atoms. The number of ether oxygens (including phenoxy) is 2. The molecule has 0 fully saturated rings. The summed E-state index contributed by atoms with van der Waals surface area (Å²) >= 11 is 5.98. The van der Waals surface area contributed by atoms with Crippen LogP contribution in [-0.2, 0) is 10.0 Å². The minimum absolute atomic E-state index is 0.0332. The first-order valence-electron chi connectivity index (χ1n) is 8.42. The molecule has 0 saturated heterocycles. The Morgan fingerprint density at radius 1 is 1.10 bits per heavy atom. The van der Waals surface area contributed by atoms with Crippen LogP contribution in [0, 0.1) is 28.5 Å². The van der Waals surface area contributed by atoms with Crippen LogP contribution in [0.5, 0.6) is 17.2 Å². The molecule has 1 aromatic heterocycles. The number of aromatic nitrogens is 1. The molecular formula is C20H12ClFN4O4S. The van der Waals surface area contributed by atoms with Gasteiger partial charge >= 0.3 is 0 Å². The molecule has 1 N–H and O–H groups in total. The third kappa shape index (κ3) is 4.67. The number of benzene rings is 2. The molecule has 0 aliphatic heterocycles. The molecule has 0 saturated carbocycles. The van der Waals surface area contributed by atoms with Crippen LogP contribution in [0.3, 0.4) is 0 Å². The lowest BCUT2D eigenvalue weighted by atomic mass is 10.2. The maximum atomic E-state index is 13.0. The van der Waals surface area contributed by atoms with Crippen molar-refractivity contribution in [2.75, 3.05) is 11.8 Å². The third-order valence-corrected chi connectivity index (χ3v) is 5.62. The lowest BCUT2D eigenvalue weighted by Crippen LogP contribution is -2.14. The Bertz CT molecular complexity index is 1330. The van der Waals surface area contributed by atoms with Gasteiger partial charge in [-0.25, -0.2) is 17.8 Å². The van der Waals surface area contributed by atoms with E-state index in [1.54, 1.807) is 0 Å². The summed E-state index contributed by atoms with van der Waals surface area (Å²) < 4.78 is 51.2. The standard InChI is InChI=1S/C20H12ClFN4O4S/c1-29-20-15(10-24)16(21)4-6-18(20)30-17-5-3-14(8-12(17)9-23)31(27,28)26-19-7-2-13(22)11-25-19/h2-8,11H,1H3,(H,25,26). The lowest BCUT2D eigenvalue weighted by molar-refractivity contribution is 0.377. The predicted molar refractivity (Wildman–Crippen MR) is 109 cm³/mol. The molecule has 11 heteroatoms. The van der Waals surface area contributed by atoms with Gasteiger partial charge in [0.15, 0.2) is 11.5 Å². The fourth-order valence-electron chi connectivity index (χ4n) is 2.53. The molecule has 2 aromatic carbocycles. The maximum absolute atomic E-state index is 13.0. The van der Waals surface area contributed by atoms with Gasteiger partial charge in [0.1, 0.15) is 35.1 Å². The van der Waals surface area contributed by atoms with Gasteiger partial charge in [0.25, 0.3) is 10.0 Å². The topological polar surface area (TPSA) is 125 Å². The monoisotopic (exact) mass is 458 g/mol. The van der Waals surface area contributed by atoms with E-state index in [4.69, 9.17) is 21.1 Å². The van der Waals surface area contributed by atoms with E-state index in [2.05, 4.69) is 9.71 Å². The highest BCUT2D eigenvalue weighted by atomic mass is 35.5. The van der Waals surface area contributed by atoms with Crippen molar-refractivity contribution in [1.82, 2.24) is 4.98 Å². The van der Waals surface area contributed by atoms with E-state index in [1.165, 1.54) is 31.4 Å². The van der Waals surface area contributed by atoms with Crippen LogP contribution >= 0.6 is 11.6 Å². The minimum Gasteiger partial charge on any atom is -0.491 e. The second kappa shape index (κ2) is 8.88. The van der Waals surface area contributed by atoms with Gasteiger partial charge in [-0.1, -0.05) is 11.6 Å². The van der Waals surface area contributed by atoms with E-state index in [-0.39, 0.29) is 44.1 Å².